The van der Waals surface area contributed by atoms with Crippen molar-refractivity contribution in [1.82, 2.24) is 10.2 Å². The molecule has 1 aliphatic rings. The van der Waals surface area contributed by atoms with E-state index in [1.165, 1.54) is 0 Å². The van der Waals surface area contributed by atoms with Gasteiger partial charge in [-0.25, -0.2) is 0 Å². The molecule has 0 saturated carbocycles. The molecule has 5 heteroatoms. The molecule has 1 aromatic rings. The molecule has 0 spiro atoms. The van der Waals surface area contributed by atoms with Crippen molar-refractivity contribution in [2.45, 2.75) is 32.9 Å². The maximum Gasteiger partial charge on any atom is 0.239 e. The average molecular weight is 292 g/mol. The summed E-state index contributed by atoms with van der Waals surface area (Å²) in [7, 11) is 1.81. The quantitative estimate of drug-likeness (QED) is 0.901. The van der Waals surface area contributed by atoms with Crippen LogP contribution in [0, 0.1) is 0 Å². The van der Waals surface area contributed by atoms with Crippen molar-refractivity contribution in [1.29, 1.82) is 0 Å². The number of fused-ring (bicyclic) bond motifs is 1. The molecular formula is C16H24N2O3. The van der Waals surface area contributed by atoms with Crippen molar-refractivity contribution in [3.63, 3.8) is 0 Å². The van der Waals surface area contributed by atoms with Gasteiger partial charge in [-0.1, -0.05) is 6.07 Å². The predicted octanol–water partition coefficient (Wildman–Crippen LogP) is 1.98. The van der Waals surface area contributed by atoms with Crippen LogP contribution in [-0.2, 0) is 4.79 Å². The SMILES string of the molecule is CCN(C)C(=O)C(C)NC(C)c1ccc2c(c1)OCCO2. The third-order valence-corrected chi connectivity index (χ3v) is 3.79. The molecular weight excluding hydrogens is 268 g/mol. The molecule has 0 fully saturated rings. The topological polar surface area (TPSA) is 50.8 Å². The van der Waals surface area contributed by atoms with Crippen molar-refractivity contribution in [3.8, 4) is 11.5 Å². The summed E-state index contributed by atoms with van der Waals surface area (Å²) < 4.78 is 11.1. The molecule has 1 aliphatic heterocycles. The summed E-state index contributed by atoms with van der Waals surface area (Å²) in [5.41, 5.74) is 1.08. The first-order valence-corrected chi connectivity index (χ1v) is 7.43. The van der Waals surface area contributed by atoms with Gasteiger partial charge in [-0.05, 0) is 38.5 Å². The van der Waals surface area contributed by atoms with Crippen LogP contribution in [0.2, 0.25) is 0 Å². The normalized spacial score (nSPS) is 16.2. The van der Waals surface area contributed by atoms with Gasteiger partial charge in [-0.3, -0.25) is 10.1 Å². The number of benzene rings is 1. The highest BCUT2D eigenvalue weighted by Gasteiger charge is 2.20. The molecule has 5 nitrogen and oxygen atoms in total. The minimum Gasteiger partial charge on any atom is -0.486 e. The van der Waals surface area contributed by atoms with Crippen LogP contribution in [0.4, 0.5) is 0 Å². The Kier molecular flexibility index (Phi) is 5.07. The van der Waals surface area contributed by atoms with E-state index < -0.39 is 0 Å². The molecule has 0 aromatic heterocycles. The summed E-state index contributed by atoms with van der Waals surface area (Å²) >= 11 is 0. The van der Waals surface area contributed by atoms with E-state index in [9.17, 15) is 4.79 Å². The monoisotopic (exact) mass is 292 g/mol. The van der Waals surface area contributed by atoms with Crippen LogP contribution in [-0.4, -0.2) is 43.7 Å². The van der Waals surface area contributed by atoms with E-state index in [-0.39, 0.29) is 18.0 Å². The molecule has 0 bridgehead atoms. The number of hydrogen-bond acceptors (Lipinski definition) is 4. The maximum atomic E-state index is 12.1. The number of ether oxygens (including phenoxy) is 2. The summed E-state index contributed by atoms with van der Waals surface area (Å²) in [5.74, 6) is 1.66. The highest BCUT2D eigenvalue weighted by atomic mass is 16.6. The fraction of sp³-hybridized carbons (Fsp3) is 0.562. The second kappa shape index (κ2) is 6.80. The number of likely N-dealkylation sites (N-methyl/N-ethyl adjacent to an activating group) is 1. The maximum absolute atomic E-state index is 12.1. The van der Waals surface area contributed by atoms with Gasteiger partial charge in [0, 0.05) is 19.6 Å². The standard InChI is InChI=1S/C16H24N2O3/c1-5-18(4)16(19)12(3)17-11(2)13-6-7-14-15(10-13)21-9-8-20-14/h6-7,10-12,17H,5,8-9H2,1-4H3. The van der Waals surface area contributed by atoms with Crippen LogP contribution in [0.25, 0.3) is 0 Å². The molecule has 2 unspecified atom stereocenters. The molecule has 116 valence electrons. The Morgan fingerprint density at radius 1 is 1.29 bits per heavy atom. The summed E-state index contributed by atoms with van der Waals surface area (Å²) in [4.78, 5) is 13.8. The molecule has 1 heterocycles. The molecule has 0 aliphatic carbocycles. The Morgan fingerprint density at radius 3 is 2.62 bits per heavy atom. The Morgan fingerprint density at radius 2 is 1.95 bits per heavy atom. The van der Waals surface area contributed by atoms with E-state index in [2.05, 4.69) is 5.32 Å². The fourth-order valence-electron chi connectivity index (χ4n) is 2.36. The first-order valence-electron chi connectivity index (χ1n) is 7.43. The molecule has 1 amide bonds. The minimum absolute atomic E-state index is 0.0602. The number of nitrogens with one attached hydrogen (secondary N) is 1. The van der Waals surface area contributed by atoms with Crippen molar-refractivity contribution in [2.24, 2.45) is 0 Å². The lowest BCUT2D eigenvalue weighted by atomic mass is 10.1. The van der Waals surface area contributed by atoms with Gasteiger partial charge in [-0.15, -0.1) is 0 Å². The van der Waals surface area contributed by atoms with Crippen LogP contribution in [0.3, 0.4) is 0 Å². The second-order valence-electron chi connectivity index (χ2n) is 5.37. The summed E-state index contributed by atoms with van der Waals surface area (Å²) in [5, 5.41) is 3.33. The number of hydrogen-bond donors (Lipinski definition) is 1. The number of carbonyl (C=O) groups is 1. The molecule has 1 aromatic carbocycles. The van der Waals surface area contributed by atoms with Gasteiger partial charge < -0.3 is 14.4 Å². The zero-order valence-corrected chi connectivity index (χ0v) is 13.2. The van der Waals surface area contributed by atoms with E-state index in [4.69, 9.17) is 9.47 Å². The Hall–Kier alpha value is -1.75. The lowest BCUT2D eigenvalue weighted by molar-refractivity contribution is -0.131. The van der Waals surface area contributed by atoms with Gasteiger partial charge in [0.15, 0.2) is 11.5 Å². The molecule has 0 radical (unpaired) electrons. The number of nitrogens with zero attached hydrogens (tertiary/aromatic N) is 1. The van der Waals surface area contributed by atoms with Crippen molar-refractivity contribution in [2.75, 3.05) is 26.8 Å². The number of amides is 1. The minimum atomic E-state index is -0.224. The smallest absolute Gasteiger partial charge is 0.239 e. The third-order valence-electron chi connectivity index (χ3n) is 3.79. The molecule has 2 rings (SSSR count). The lowest BCUT2D eigenvalue weighted by Crippen LogP contribution is -2.43. The van der Waals surface area contributed by atoms with Gasteiger partial charge >= 0.3 is 0 Å². The summed E-state index contributed by atoms with van der Waals surface area (Å²) in [6, 6.07) is 5.74. The lowest BCUT2D eigenvalue weighted by Gasteiger charge is -2.25. The zero-order valence-electron chi connectivity index (χ0n) is 13.2. The Bertz CT molecular complexity index is 504. The highest BCUT2D eigenvalue weighted by molar-refractivity contribution is 5.81. The summed E-state index contributed by atoms with van der Waals surface area (Å²) in [6.45, 7) is 7.78. The van der Waals surface area contributed by atoms with Gasteiger partial charge in [0.2, 0.25) is 5.91 Å². The largest absolute Gasteiger partial charge is 0.486 e. The van der Waals surface area contributed by atoms with E-state index in [0.717, 1.165) is 17.1 Å². The van der Waals surface area contributed by atoms with Gasteiger partial charge in [-0.2, -0.15) is 0 Å². The Labute approximate surface area is 126 Å². The van der Waals surface area contributed by atoms with Crippen molar-refractivity contribution < 1.29 is 14.3 Å². The molecule has 1 N–H and O–H groups in total. The van der Waals surface area contributed by atoms with Gasteiger partial charge in [0.25, 0.3) is 0 Å². The van der Waals surface area contributed by atoms with Gasteiger partial charge in [0.1, 0.15) is 13.2 Å². The van der Waals surface area contributed by atoms with E-state index in [1.807, 2.05) is 46.0 Å². The molecule has 21 heavy (non-hydrogen) atoms. The van der Waals surface area contributed by atoms with Crippen LogP contribution in [0.5, 0.6) is 11.5 Å². The number of rotatable bonds is 5. The van der Waals surface area contributed by atoms with Crippen molar-refractivity contribution in [3.05, 3.63) is 23.8 Å². The van der Waals surface area contributed by atoms with E-state index >= 15 is 0 Å². The van der Waals surface area contributed by atoms with E-state index in [0.29, 0.717) is 19.8 Å². The first-order chi connectivity index (χ1) is 10.0. The molecule has 0 saturated heterocycles. The van der Waals surface area contributed by atoms with Gasteiger partial charge in [0.05, 0.1) is 6.04 Å². The highest BCUT2D eigenvalue weighted by Crippen LogP contribution is 2.32. The van der Waals surface area contributed by atoms with Crippen LogP contribution in [0.1, 0.15) is 32.4 Å². The first kappa shape index (κ1) is 15.6. The van der Waals surface area contributed by atoms with Crippen LogP contribution >= 0.6 is 0 Å². The average Bonchev–Trinajstić information content (AvgIpc) is 2.52. The zero-order chi connectivity index (χ0) is 15.4. The molecule has 2 atom stereocenters. The number of carbonyl (C=O) groups excluding carboxylic acids is 1. The predicted molar refractivity (Wildman–Crippen MR) is 81.8 cm³/mol. The second-order valence-corrected chi connectivity index (χ2v) is 5.37. The van der Waals surface area contributed by atoms with Crippen LogP contribution < -0.4 is 14.8 Å². The summed E-state index contributed by atoms with van der Waals surface area (Å²) in [6.07, 6.45) is 0. The van der Waals surface area contributed by atoms with Crippen molar-refractivity contribution >= 4 is 5.91 Å². The van der Waals surface area contributed by atoms with E-state index in [1.54, 1.807) is 4.90 Å². The fourth-order valence-corrected chi connectivity index (χ4v) is 2.36. The third kappa shape index (κ3) is 3.67. The Balaban J connectivity index is 2.03. The van der Waals surface area contributed by atoms with Crippen LogP contribution in [0.15, 0.2) is 18.2 Å².